The molecule has 1 saturated heterocycles. The minimum absolute atomic E-state index is 0.0945. The average Bonchev–Trinajstić information content (AvgIpc) is 3.32. The Labute approximate surface area is 149 Å². The molecule has 1 unspecified atom stereocenters. The predicted octanol–water partition coefficient (Wildman–Crippen LogP) is 3.81. The highest BCUT2D eigenvalue weighted by molar-refractivity contribution is 5.83. The van der Waals surface area contributed by atoms with Gasteiger partial charge < -0.3 is 14.9 Å². The molecule has 1 aromatic carbocycles. The van der Waals surface area contributed by atoms with E-state index >= 15 is 0 Å². The van der Waals surface area contributed by atoms with E-state index in [1.54, 1.807) is 37.3 Å². The third kappa shape index (κ3) is 3.50. The monoisotopic (exact) mass is 370 g/mol. The molecule has 0 spiro atoms. The zero-order chi connectivity index (χ0) is 19.1. The molecule has 0 aromatic heterocycles. The first kappa shape index (κ1) is 18.5. The summed E-state index contributed by atoms with van der Waals surface area (Å²) in [6.07, 6.45) is -4.62. The Morgan fingerprint density at radius 1 is 1.23 bits per heavy atom. The van der Waals surface area contributed by atoms with Gasteiger partial charge >= 0.3 is 18.2 Å². The summed E-state index contributed by atoms with van der Waals surface area (Å²) in [5, 5.41) is 9.47. The normalized spacial score (nSPS) is 24.8. The van der Waals surface area contributed by atoms with Crippen LogP contribution in [0.25, 0.3) is 0 Å². The molecule has 1 aromatic rings. The van der Waals surface area contributed by atoms with Crippen LogP contribution in [0.15, 0.2) is 30.3 Å². The van der Waals surface area contributed by atoms with Gasteiger partial charge in [0, 0.05) is 18.1 Å². The number of alkyl halides is 3. The number of rotatable bonds is 3. The lowest BCUT2D eigenvalue weighted by Crippen LogP contribution is -2.56. The van der Waals surface area contributed by atoms with E-state index < -0.39 is 35.8 Å². The van der Waals surface area contributed by atoms with Crippen molar-refractivity contribution < 1.29 is 27.9 Å². The number of piperidine rings is 1. The van der Waals surface area contributed by atoms with E-state index in [0.29, 0.717) is 12.8 Å². The van der Waals surface area contributed by atoms with Gasteiger partial charge in [0.05, 0.1) is 6.04 Å². The van der Waals surface area contributed by atoms with Gasteiger partial charge in [-0.2, -0.15) is 13.2 Å². The number of carboxylic acid groups (broad SMARTS) is 1. The van der Waals surface area contributed by atoms with Gasteiger partial charge in [-0.25, -0.2) is 4.79 Å². The van der Waals surface area contributed by atoms with E-state index in [-0.39, 0.29) is 19.4 Å². The number of benzene rings is 1. The van der Waals surface area contributed by atoms with Crippen molar-refractivity contribution in [1.29, 1.82) is 0 Å². The fraction of sp³-hybridized carbons (Fsp3) is 0.556. The number of amides is 2. The molecule has 2 aliphatic rings. The quantitative estimate of drug-likeness (QED) is 0.880. The van der Waals surface area contributed by atoms with Crippen molar-refractivity contribution in [3.05, 3.63) is 35.9 Å². The van der Waals surface area contributed by atoms with E-state index in [9.17, 15) is 27.9 Å². The zero-order valence-corrected chi connectivity index (χ0v) is 14.4. The summed E-state index contributed by atoms with van der Waals surface area (Å²) in [5.74, 6) is -1.82. The molecule has 2 amide bonds. The second-order valence-corrected chi connectivity index (χ2v) is 7.25. The molecule has 0 bridgehead atoms. The number of hydrogen-bond donors (Lipinski definition) is 1. The molecule has 26 heavy (non-hydrogen) atoms. The minimum atomic E-state index is -4.93. The first-order valence-corrected chi connectivity index (χ1v) is 8.58. The van der Waals surface area contributed by atoms with Crippen LogP contribution in [0.3, 0.4) is 0 Å². The highest BCUT2D eigenvalue weighted by Crippen LogP contribution is 2.47. The summed E-state index contributed by atoms with van der Waals surface area (Å²) in [6.45, 7) is 1.76. The smallest absolute Gasteiger partial charge is 0.465 e. The Morgan fingerprint density at radius 3 is 2.35 bits per heavy atom. The number of hydrogen-bond acceptors (Lipinski definition) is 2. The van der Waals surface area contributed by atoms with Crippen LogP contribution in [0, 0.1) is 0 Å². The zero-order valence-electron chi connectivity index (χ0n) is 14.4. The second-order valence-electron chi connectivity index (χ2n) is 7.25. The fourth-order valence-corrected chi connectivity index (χ4v) is 3.81. The Morgan fingerprint density at radius 2 is 1.85 bits per heavy atom. The van der Waals surface area contributed by atoms with Gasteiger partial charge in [-0.05, 0) is 38.2 Å². The highest BCUT2D eigenvalue weighted by atomic mass is 19.4. The number of carbonyl (C=O) groups excluding carboxylic acids is 1. The number of nitrogens with zero attached hydrogens (tertiary/aromatic N) is 2. The Bertz CT molecular complexity index is 689. The third-order valence-corrected chi connectivity index (χ3v) is 5.39. The highest BCUT2D eigenvalue weighted by Gasteiger charge is 2.56. The van der Waals surface area contributed by atoms with Crippen molar-refractivity contribution in [2.24, 2.45) is 0 Å². The van der Waals surface area contributed by atoms with Gasteiger partial charge in [0.25, 0.3) is 0 Å². The van der Waals surface area contributed by atoms with Crippen LogP contribution in [0.1, 0.15) is 44.2 Å². The SMILES string of the molecule is CC1(N(C(=O)C(F)(F)F)C2CCN(C(=O)O)[C@H](c3ccccc3)C2)CC1. The predicted molar refractivity (Wildman–Crippen MR) is 87.5 cm³/mol. The maximum atomic E-state index is 13.1. The molecule has 142 valence electrons. The second kappa shape index (κ2) is 6.48. The molecule has 1 aliphatic carbocycles. The lowest BCUT2D eigenvalue weighted by molar-refractivity contribution is -0.192. The van der Waals surface area contributed by atoms with E-state index in [1.807, 2.05) is 0 Å². The molecule has 0 radical (unpaired) electrons. The van der Waals surface area contributed by atoms with E-state index in [2.05, 4.69) is 0 Å². The van der Waals surface area contributed by atoms with Crippen LogP contribution < -0.4 is 0 Å². The van der Waals surface area contributed by atoms with Crippen molar-refractivity contribution in [3.63, 3.8) is 0 Å². The van der Waals surface area contributed by atoms with Gasteiger partial charge in [0.15, 0.2) is 0 Å². The average molecular weight is 370 g/mol. The van der Waals surface area contributed by atoms with Crippen LogP contribution in [-0.4, -0.2) is 51.2 Å². The topological polar surface area (TPSA) is 60.9 Å². The van der Waals surface area contributed by atoms with Crippen molar-refractivity contribution in [2.75, 3.05) is 6.54 Å². The standard InChI is InChI=1S/C18H21F3N2O3/c1-17(8-9-17)23(15(24)18(19,20)21)13-7-10-22(16(25)26)14(11-13)12-5-3-2-4-6-12/h2-6,13-14H,7-11H2,1H3,(H,25,26)/t13?,14-/m0/s1. The molecule has 1 aliphatic heterocycles. The van der Waals surface area contributed by atoms with Crippen molar-refractivity contribution in [3.8, 4) is 0 Å². The van der Waals surface area contributed by atoms with Crippen molar-refractivity contribution in [2.45, 2.75) is 56.4 Å². The Balaban J connectivity index is 1.90. The summed E-state index contributed by atoms with van der Waals surface area (Å²) < 4.78 is 39.4. The van der Waals surface area contributed by atoms with E-state index in [0.717, 1.165) is 10.5 Å². The molecule has 2 fully saturated rings. The lowest BCUT2D eigenvalue weighted by Gasteiger charge is -2.45. The molecule has 2 atom stereocenters. The maximum Gasteiger partial charge on any atom is 0.471 e. The van der Waals surface area contributed by atoms with Crippen molar-refractivity contribution >= 4 is 12.0 Å². The maximum absolute atomic E-state index is 13.1. The molecule has 3 rings (SSSR count). The summed E-state index contributed by atoms with van der Waals surface area (Å²) >= 11 is 0. The van der Waals surface area contributed by atoms with Gasteiger partial charge in [-0.3, -0.25) is 4.79 Å². The molecule has 8 heteroatoms. The Hall–Kier alpha value is -2.25. The van der Waals surface area contributed by atoms with Gasteiger partial charge in [-0.1, -0.05) is 30.3 Å². The summed E-state index contributed by atoms with van der Waals surface area (Å²) in [5.41, 5.74) is -0.0656. The van der Waals surface area contributed by atoms with Gasteiger partial charge in [0.1, 0.15) is 0 Å². The van der Waals surface area contributed by atoms with Gasteiger partial charge in [0.2, 0.25) is 0 Å². The molecule has 1 heterocycles. The van der Waals surface area contributed by atoms with Crippen LogP contribution in [0.2, 0.25) is 0 Å². The molecular weight excluding hydrogens is 349 g/mol. The largest absolute Gasteiger partial charge is 0.471 e. The Kier molecular flexibility index (Phi) is 4.62. The number of likely N-dealkylation sites (tertiary alicyclic amines) is 1. The first-order valence-electron chi connectivity index (χ1n) is 8.58. The number of halogens is 3. The van der Waals surface area contributed by atoms with Crippen LogP contribution >= 0.6 is 0 Å². The first-order chi connectivity index (χ1) is 12.1. The summed E-state index contributed by atoms with van der Waals surface area (Å²) in [7, 11) is 0. The fourth-order valence-electron chi connectivity index (χ4n) is 3.81. The van der Waals surface area contributed by atoms with Crippen molar-refractivity contribution in [1.82, 2.24) is 9.80 Å². The van der Waals surface area contributed by atoms with Crippen LogP contribution in [0.5, 0.6) is 0 Å². The lowest BCUT2D eigenvalue weighted by atomic mass is 9.90. The van der Waals surface area contributed by atoms with Gasteiger partial charge in [-0.15, -0.1) is 0 Å². The minimum Gasteiger partial charge on any atom is -0.465 e. The van der Waals surface area contributed by atoms with E-state index in [4.69, 9.17) is 0 Å². The molecular formula is C18H21F3N2O3. The third-order valence-electron chi connectivity index (χ3n) is 5.39. The summed E-state index contributed by atoms with van der Waals surface area (Å²) in [6, 6.07) is 7.63. The number of carbonyl (C=O) groups is 2. The van der Waals surface area contributed by atoms with E-state index in [1.165, 1.54) is 4.90 Å². The summed E-state index contributed by atoms with van der Waals surface area (Å²) in [4.78, 5) is 25.9. The molecule has 1 saturated carbocycles. The molecule has 5 nitrogen and oxygen atoms in total. The van der Waals surface area contributed by atoms with Crippen LogP contribution in [-0.2, 0) is 4.79 Å². The molecule has 1 N–H and O–H groups in total. The van der Waals surface area contributed by atoms with Crippen LogP contribution in [0.4, 0.5) is 18.0 Å².